The number of ether oxygens (including phenoxy) is 1. The van der Waals surface area contributed by atoms with Crippen molar-refractivity contribution in [2.45, 2.75) is 162 Å². The smallest absolute Gasteiger partial charge is 0.306 e. The van der Waals surface area contributed by atoms with Crippen molar-refractivity contribution in [1.29, 1.82) is 0 Å². The standard InChI is InChI=1S/C30H60N2O3/c1-4-6-8-10-13-17-22-29(23-18-14-11-9-7-5-2)35-30(34)24-19-15-12-16-20-25-31-26-21-27-32-28(3)33/h29,31H,4-27H2,1-3H3,(H,32,33). The first-order valence-electron chi connectivity index (χ1n) is 15.2. The number of hydrogen-bond donors (Lipinski definition) is 2. The summed E-state index contributed by atoms with van der Waals surface area (Å²) in [6.45, 7) is 8.79. The van der Waals surface area contributed by atoms with Crippen molar-refractivity contribution in [1.82, 2.24) is 10.6 Å². The highest BCUT2D eigenvalue weighted by atomic mass is 16.5. The normalized spacial score (nSPS) is 11.2. The highest BCUT2D eigenvalue weighted by Crippen LogP contribution is 2.18. The average Bonchev–Trinajstić information content (AvgIpc) is 2.83. The van der Waals surface area contributed by atoms with Crippen LogP contribution < -0.4 is 10.6 Å². The molecule has 35 heavy (non-hydrogen) atoms. The molecule has 0 rings (SSSR count). The van der Waals surface area contributed by atoms with E-state index in [-0.39, 0.29) is 18.0 Å². The lowest BCUT2D eigenvalue weighted by atomic mass is 10.0. The van der Waals surface area contributed by atoms with E-state index < -0.39 is 0 Å². The first-order valence-corrected chi connectivity index (χ1v) is 15.2. The number of amides is 1. The Labute approximate surface area is 218 Å². The Morgan fingerprint density at radius 1 is 0.600 bits per heavy atom. The van der Waals surface area contributed by atoms with Crippen LogP contribution in [-0.2, 0) is 14.3 Å². The highest BCUT2D eigenvalue weighted by Gasteiger charge is 2.14. The van der Waals surface area contributed by atoms with Gasteiger partial charge in [0.2, 0.25) is 5.91 Å². The van der Waals surface area contributed by atoms with Gasteiger partial charge in [-0.1, -0.05) is 97.3 Å². The maximum Gasteiger partial charge on any atom is 0.306 e. The molecule has 0 aromatic heterocycles. The Morgan fingerprint density at radius 3 is 1.66 bits per heavy atom. The van der Waals surface area contributed by atoms with E-state index in [1.807, 2.05) is 0 Å². The lowest BCUT2D eigenvalue weighted by Gasteiger charge is -2.18. The molecule has 5 heteroatoms. The molecule has 1 amide bonds. The monoisotopic (exact) mass is 496 g/mol. The number of nitrogens with one attached hydrogen (secondary N) is 2. The zero-order valence-electron chi connectivity index (χ0n) is 23.8. The number of hydrogen-bond acceptors (Lipinski definition) is 4. The lowest BCUT2D eigenvalue weighted by Crippen LogP contribution is -2.25. The Hall–Kier alpha value is -1.10. The second-order valence-electron chi connectivity index (χ2n) is 10.3. The van der Waals surface area contributed by atoms with Crippen molar-refractivity contribution in [3.05, 3.63) is 0 Å². The third-order valence-corrected chi connectivity index (χ3v) is 6.70. The topological polar surface area (TPSA) is 67.4 Å². The minimum atomic E-state index is 0.0211. The summed E-state index contributed by atoms with van der Waals surface area (Å²) in [5, 5.41) is 6.24. The van der Waals surface area contributed by atoms with Gasteiger partial charge in [-0.3, -0.25) is 9.59 Å². The highest BCUT2D eigenvalue weighted by molar-refractivity contribution is 5.72. The fraction of sp³-hybridized carbons (Fsp3) is 0.933. The van der Waals surface area contributed by atoms with E-state index in [0.717, 1.165) is 51.7 Å². The molecular formula is C30H60N2O3. The summed E-state index contributed by atoms with van der Waals surface area (Å²) in [7, 11) is 0. The molecule has 0 aliphatic rings. The van der Waals surface area contributed by atoms with Crippen molar-refractivity contribution in [3.8, 4) is 0 Å². The van der Waals surface area contributed by atoms with E-state index in [9.17, 15) is 9.59 Å². The number of carbonyl (C=O) groups excluding carboxylic acids is 2. The van der Waals surface area contributed by atoms with Gasteiger partial charge in [0.05, 0.1) is 0 Å². The summed E-state index contributed by atoms with van der Waals surface area (Å²) in [6.07, 6.45) is 24.9. The van der Waals surface area contributed by atoms with Gasteiger partial charge in [0.15, 0.2) is 0 Å². The third kappa shape index (κ3) is 27.3. The first-order chi connectivity index (χ1) is 17.1. The van der Waals surface area contributed by atoms with Gasteiger partial charge in [0.25, 0.3) is 0 Å². The van der Waals surface area contributed by atoms with Crippen molar-refractivity contribution in [3.63, 3.8) is 0 Å². The Balaban J connectivity index is 3.85. The summed E-state index contributed by atoms with van der Waals surface area (Å²) in [5.74, 6) is 0.0628. The van der Waals surface area contributed by atoms with E-state index >= 15 is 0 Å². The molecule has 0 heterocycles. The van der Waals surface area contributed by atoms with Crippen LogP contribution in [0.5, 0.6) is 0 Å². The predicted molar refractivity (Wildman–Crippen MR) is 150 cm³/mol. The van der Waals surface area contributed by atoms with Crippen molar-refractivity contribution >= 4 is 11.9 Å². The fourth-order valence-corrected chi connectivity index (χ4v) is 4.46. The molecule has 0 bridgehead atoms. The number of carbonyl (C=O) groups is 2. The molecular weight excluding hydrogens is 436 g/mol. The summed E-state index contributed by atoms with van der Waals surface area (Å²) in [4.78, 5) is 23.2. The minimum absolute atomic E-state index is 0.0211. The quantitative estimate of drug-likeness (QED) is 0.0897. The average molecular weight is 497 g/mol. The zero-order chi connectivity index (χ0) is 25.8. The maximum atomic E-state index is 12.4. The molecule has 0 unspecified atom stereocenters. The number of esters is 1. The summed E-state index contributed by atoms with van der Waals surface area (Å²) >= 11 is 0. The molecule has 208 valence electrons. The van der Waals surface area contributed by atoms with Gasteiger partial charge in [0.1, 0.15) is 6.10 Å². The van der Waals surface area contributed by atoms with E-state index in [2.05, 4.69) is 24.5 Å². The van der Waals surface area contributed by atoms with Crippen LogP contribution in [-0.4, -0.2) is 37.6 Å². The van der Waals surface area contributed by atoms with Gasteiger partial charge in [-0.15, -0.1) is 0 Å². The van der Waals surface area contributed by atoms with Crippen LogP contribution in [0.4, 0.5) is 0 Å². The maximum absolute atomic E-state index is 12.4. The predicted octanol–water partition coefficient (Wildman–Crippen LogP) is 7.86. The van der Waals surface area contributed by atoms with Crippen LogP contribution in [0, 0.1) is 0 Å². The van der Waals surface area contributed by atoms with Gasteiger partial charge in [-0.05, 0) is 58.0 Å². The van der Waals surface area contributed by atoms with Crippen LogP contribution in [0.25, 0.3) is 0 Å². The zero-order valence-corrected chi connectivity index (χ0v) is 23.8. The third-order valence-electron chi connectivity index (χ3n) is 6.70. The molecule has 2 N–H and O–H groups in total. The summed E-state index contributed by atoms with van der Waals surface area (Å²) < 4.78 is 5.94. The molecule has 0 aliphatic carbocycles. The van der Waals surface area contributed by atoms with E-state index in [1.54, 1.807) is 6.92 Å². The molecule has 0 fully saturated rings. The molecule has 0 saturated carbocycles. The first kappa shape index (κ1) is 33.9. The Bertz CT molecular complexity index is 455. The van der Waals surface area contributed by atoms with E-state index in [0.29, 0.717) is 6.42 Å². The van der Waals surface area contributed by atoms with Crippen LogP contribution in [0.15, 0.2) is 0 Å². The van der Waals surface area contributed by atoms with Crippen LogP contribution >= 0.6 is 0 Å². The second-order valence-corrected chi connectivity index (χ2v) is 10.3. The molecule has 5 nitrogen and oxygen atoms in total. The van der Waals surface area contributed by atoms with Gasteiger partial charge < -0.3 is 15.4 Å². The lowest BCUT2D eigenvalue weighted by molar-refractivity contribution is -0.150. The molecule has 0 aromatic carbocycles. The van der Waals surface area contributed by atoms with Gasteiger partial charge in [-0.2, -0.15) is 0 Å². The van der Waals surface area contributed by atoms with Crippen molar-refractivity contribution in [2.75, 3.05) is 19.6 Å². The Kier molecular flexibility index (Phi) is 26.6. The fourth-order valence-electron chi connectivity index (χ4n) is 4.46. The minimum Gasteiger partial charge on any atom is -0.462 e. The molecule has 0 atom stereocenters. The van der Waals surface area contributed by atoms with E-state index in [1.165, 1.54) is 96.3 Å². The van der Waals surface area contributed by atoms with Gasteiger partial charge in [-0.25, -0.2) is 0 Å². The summed E-state index contributed by atoms with van der Waals surface area (Å²) in [5.41, 5.74) is 0. The Morgan fingerprint density at radius 2 is 1.09 bits per heavy atom. The number of rotatable bonds is 27. The van der Waals surface area contributed by atoms with Gasteiger partial charge in [0, 0.05) is 19.9 Å². The van der Waals surface area contributed by atoms with Crippen LogP contribution in [0.2, 0.25) is 0 Å². The molecule has 0 spiro atoms. The van der Waals surface area contributed by atoms with E-state index in [4.69, 9.17) is 4.74 Å². The van der Waals surface area contributed by atoms with Crippen molar-refractivity contribution < 1.29 is 14.3 Å². The molecule has 0 radical (unpaired) electrons. The second kappa shape index (κ2) is 27.5. The van der Waals surface area contributed by atoms with Crippen LogP contribution in [0.3, 0.4) is 0 Å². The molecule has 0 aliphatic heterocycles. The van der Waals surface area contributed by atoms with Crippen molar-refractivity contribution in [2.24, 2.45) is 0 Å². The molecule has 0 aromatic rings. The largest absolute Gasteiger partial charge is 0.462 e. The SMILES string of the molecule is CCCCCCCCC(CCCCCCCC)OC(=O)CCCCCCCNCCCNC(C)=O. The molecule has 0 saturated heterocycles. The summed E-state index contributed by atoms with van der Waals surface area (Å²) in [6, 6.07) is 0. The number of unbranched alkanes of at least 4 members (excludes halogenated alkanes) is 14. The van der Waals surface area contributed by atoms with Crippen LogP contribution in [0.1, 0.15) is 156 Å². The van der Waals surface area contributed by atoms with Gasteiger partial charge >= 0.3 is 5.97 Å².